The lowest BCUT2D eigenvalue weighted by molar-refractivity contribution is 0.0748. The molecule has 0 bridgehead atoms. The number of benzene rings is 1. The van der Waals surface area contributed by atoms with Gasteiger partial charge in [0.15, 0.2) is 0 Å². The third-order valence-corrected chi connectivity index (χ3v) is 6.26. The van der Waals surface area contributed by atoms with Crippen LogP contribution in [0.2, 0.25) is 0 Å². The van der Waals surface area contributed by atoms with E-state index < -0.39 is 0 Å². The summed E-state index contributed by atoms with van der Waals surface area (Å²) < 4.78 is 0. The van der Waals surface area contributed by atoms with Crippen LogP contribution in [0.4, 0.5) is 0 Å². The molecule has 39 heavy (non-hydrogen) atoms. The van der Waals surface area contributed by atoms with E-state index in [1.54, 1.807) is 6.92 Å². The quantitative estimate of drug-likeness (QED) is 0.260. The highest BCUT2D eigenvalue weighted by Gasteiger charge is 2.36. The zero-order valence-corrected chi connectivity index (χ0v) is 28.3. The van der Waals surface area contributed by atoms with Gasteiger partial charge in [0, 0.05) is 0 Å². The molecule has 0 saturated heterocycles. The summed E-state index contributed by atoms with van der Waals surface area (Å²) in [6.07, 6.45) is 20.1. The first-order valence-corrected chi connectivity index (χ1v) is 15.0. The molecule has 2 rings (SSSR count). The van der Waals surface area contributed by atoms with Crippen molar-refractivity contribution in [3.8, 4) is 12.3 Å². The van der Waals surface area contributed by atoms with Crippen molar-refractivity contribution < 1.29 is 0 Å². The Kier molecular flexibility index (Phi) is 31.7. The highest BCUT2D eigenvalue weighted by Crippen LogP contribution is 2.48. The SMILES string of the molecule is C#CC.C=C/C(=C\C)c1ccc(C(/C=C(\C)C(=C)C)=C/C)cc1.CC.CC.CCCCC1(C)CC(C)C1.CN. The molecule has 1 aliphatic rings. The second kappa shape index (κ2) is 28.4. The second-order valence-electron chi connectivity index (χ2n) is 9.59. The Morgan fingerprint density at radius 1 is 1.00 bits per heavy atom. The van der Waals surface area contributed by atoms with E-state index in [0.29, 0.717) is 0 Å². The van der Waals surface area contributed by atoms with Crippen LogP contribution in [-0.2, 0) is 0 Å². The van der Waals surface area contributed by atoms with Gasteiger partial charge in [0.05, 0.1) is 0 Å². The number of allylic oxidation sites excluding steroid dienone is 8. The number of hydrogen-bond acceptors (Lipinski definition) is 1. The fraction of sp³-hybridized carbons (Fsp3) is 0.526. The zero-order valence-electron chi connectivity index (χ0n) is 28.3. The molecule has 0 amide bonds. The lowest BCUT2D eigenvalue weighted by Gasteiger charge is -2.44. The Hall–Kier alpha value is -2.56. The van der Waals surface area contributed by atoms with Crippen LogP contribution in [0.5, 0.6) is 0 Å². The van der Waals surface area contributed by atoms with Crippen molar-refractivity contribution in [1.82, 2.24) is 0 Å². The molecule has 1 fully saturated rings. The van der Waals surface area contributed by atoms with E-state index in [2.05, 4.69) is 108 Å². The molecule has 0 unspecified atom stereocenters. The minimum absolute atomic E-state index is 0.745. The van der Waals surface area contributed by atoms with Crippen molar-refractivity contribution in [2.24, 2.45) is 17.1 Å². The fourth-order valence-corrected chi connectivity index (χ4v) is 4.38. The molecule has 1 saturated carbocycles. The minimum Gasteiger partial charge on any atom is -0.333 e. The predicted molar refractivity (Wildman–Crippen MR) is 186 cm³/mol. The number of hydrogen-bond donors (Lipinski definition) is 1. The van der Waals surface area contributed by atoms with E-state index in [-0.39, 0.29) is 0 Å². The van der Waals surface area contributed by atoms with E-state index in [0.717, 1.165) is 22.5 Å². The minimum atomic E-state index is 0.745. The van der Waals surface area contributed by atoms with E-state index in [9.17, 15) is 0 Å². The second-order valence-corrected chi connectivity index (χ2v) is 9.59. The molecular formula is C38H65N. The lowest BCUT2D eigenvalue weighted by Crippen LogP contribution is -2.32. The molecule has 0 aromatic heterocycles. The monoisotopic (exact) mass is 536 g/mol. The van der Waals surface area contributed by atoms with Crippen molar-refractivity contribution in [1.29, 1.82) is 0 Å². The first-order valence-electron chi connectivity index (χ1n) is 15.0. The normalized spacial score (nSPS) is 17.6. The molecule has 1 aromatic carbocycles. The van der Waals surface area contributed by atoms with Crippen molar-refractivity contribution in [3.63, 3.8) is 0 Å². The van der Waals surface area contributed by atoms with Gasteiger partial charge in [-0.3, -0.25) is 0 Å². The maximum Gasteiger partial charge on any atom is -0.00297 e. The van der Waals surface area contributed by atoms with Crippen LogP contribution >= 0.6 is 0 Å². The molecule has 1 nitrogen and oxygen atoms in total. The standard InChI is InChI=1S/C20H24.C10H20.C3H4.2C2H6.CH5N/c1-7-17(8-2)19-10-12-20(13-11-19)18(9-3)14-16(6)15(4)5;1-4-5-6-10(3)7-9(2)8-10;1-3-2;3*1-2/h7-14H,1,4H2,2-3,5-6H3;9H,4-8H2,1-3H3;1H,2H3;2*1-2H3;2H2,1H3/b16-14+,17-8+,18-9+;;;;;. The summed E-state index contributed by atoms with van der Waals surface area (Å²) in [5, 5.41) is 0. The average molecular weight is 536 g/mol. The number of rotatable bonds is 8. The Morgan fingerprint density at radius 3 is 1.67 bits per heavy atom. The first-order chi connectivity index (χ1) is 18.6. The van der Waals surface area contributed by atoms with Gasteiger partial charge in [-0.25, -0.2) is 0 Å². The van der Waals surface area contributed by atoms with Crippen molar-refractivity contribution in [3.05, 3.63) is 84.0 Å². The van der Waals surface area contributed by atoms with Gasteiger partial charge in [-0.1, -0.05) is 129 Å². The molecule has 0 heterocycles. The molecular weight excluding hydrogens is 470 g/mol. The fourth-order valence-electron chi connectivity index (χ4n) is 4.38. The maximum absolute atomic E-state index is 4.60. The van der Waals surface area contributed by atoms with Crippen LogP contribution in [0.25, 0.3) is 11.1 Å². The van der Waals surface area contributed by atoms with Crippen LogP contribution in [-0.4, -0.2) is 7.05 Å². The third kappa shape index (κ3) is 20.1. The summed E-state index contributed by atoms with van der Waals surface area (Å²) in [6, 6.07) is 8.58. The van der Waals surface area contributed by atoms with Gasteiger partial charge in [-0.05, 0) is 100 Å². The molecule has 0 radical (unpaired) electrons. The highest BCUT2D eigenvalue weighted by molar-refractivity contribution is 5.78. The van der Waals surface area contributed by atoms with E-state index in [1.807, 2.05) is 47.6 Å². The van der Waals surface area contributed by atoms with Gasteiger partial charge in [0.25, 0.3) is 0 Å². The topological polar surface area (TPSA) is 26.0 Å². The van der Waals surface area contributed by atoms with E-state index in [4.69, 9.17) is 0 Å². The molecule has 1 aromatic rings. The van der Waals surface area contributed by atoms with Crippen LogP contribution in [0.1, 0.15) is 126 Å². The van der Waals surface area contributed by atoms with Gasteiger partial charge in [-0.15, -0.1) is 12.3 Å². The number of terminal acetylenes is 1. The van der Waals surface area contributed by atoms with Gasteiger partial charge in [0.2, 0.25) is 0 Å². The van der Waals surface area contributed by atoms with Crippen LogP contribution < -0.4 is 5.73 Å². The molecule has 1 heteroatoms. The van der Waals surface area contributed by atoms with Gasteiger partial charge in [-0.2, -0.15) is 0 Å². The Bertz CT molecular complexity index is 862. The summed E-state index contributed by atoms with van der Waals surface area (Å²) >= 11 is 0. The van der Waals surface area contributed by atoms with Crippen LogP contribution in [0.3, 0.4) is 0 Å². The van der Waals surface area contributed by atoms with Crippen molar-refractivity contribution in [2.45, 2.75) is 115 Å². The maximum atomic E-state index is 4.60. The molecule has 1 aliphatic carbocycles. The third-order valence-electron chi connectivity index (χ3n) is 6.26. The summed E-state index contributed by atoms with van der Waals surface area (Å²) in [5.74, 6) is 3.27. The van der Waals surface area contributed by atoms with Crippen molar-refractivity contribution in [2.75, 3.05) is 7.05 Å². The van der Waals surface area contributed by atoms with Crippen LogP contribution in [0, 0.1) is 23.7 Å². The van der Waals surface area contributed by atoms with E-state index >= 15 is 0 Å². The summed E-state index contributed by atoms with van der Waals surface area (Å²) in [7, 11) is 1.50. The zero-order chi connectivity index (χ0) is 31.4. The number of nitrogens with two attached hydrogens (primary N) is 1. The predicted octanol–water partition coefficient (Wildman–Crippen LogP) is 12.1. The summed E-state index contributed by atoms with van der Waals surface area (Å²) in [6.45, 7) is 32.8. The molecule has 0 aliphatic heterocycles. The Balaban J connectivity index is -0.000000268. The summed E-state index contributed by atoms with van der Waals surface area (Å²) in [5.41, 5.74) is 12.4. The largest absolute Gasteiger partial charge is 0.333 e. The lowest BCUT2D eigenvalue weighted by atomic mass is 9.62. The van der Waals surface area contributed by atoms with Gasteiger partial charge >= 0.3 is 0 Å². The molecule has 0 atom stereocenters. The average Bonchev–Trinajstić information content (AvgIpc) is 2.95. The highest BCUT2D eigenvalue weighted by atomic mass is 14.4. The molecule has 222 valence electrons. The molecule has 2 N–H and O–H groups in total. The first kappa shape index (κ1) is 43.5. The van der Waals surface area contributed by atoms with Gasteiger partial charge in [0.1, 0.15) is 0 Å². The van der Waals surface area contributed by atoms with Crippen LogP contribution in [0.15, 0.2) is 72.9 Å². The Labute approximate surface area is 246 Å². The van der Waals surface area contributed by atoms with Gasteiger partial charge < -0.3 is 5.73 Å². The summed E-state index contributed by atoms with van der Waals surface area (Å²) in [4.78, 5) is 0. The van der Waals surface area contributed by atoms with Crippen molar-refractivity contribution >= 4 is 11.1 Å². The Morgan fingerprint density at radius 2 is 1.38 bits per heavy atom. The number of unbranched alkanes of at least 4 members (excludes halogenated alkanes) is 1. The molecule has 0 spiro atoms. The smallest absolute Gasteiger partial charge is 0.00297 e. The van der Waals surface area contributed by atoms with E-state index in [1.165, 1.54) is 61.4 Å².